The molecule has 0 aliphatic carbocycles. The van der Waals surface area contributed by atoms with Gasteiger partial charge in [-0.1, -0.05) is 38.1 Å². The summed E-state index contributed by atoms with van der Waals surface area (Å²) in [5.74, 6) is -0.574. The summed E-state index contributed by atoms with van der Waals surface area (Å²) in [6, 6.07) is 13.7. The largest absolute Gasteiger partial charge is 0.454 e. The molecule has 0 aliphatic heterocycles. The number of rotatable bonds is 7. The van der Waals surface area contributed by atoms with Gasteiger partial charge in [0.1, 0.15) is 0 Å². The highest BCUT2D eigenvalue weighted by Gasteiger charge is 2.12. The number of hydrogen-bond donors (Lipinski definition) is 1. The molecule has 136 valence electrons. The van der Waals surface area contributed by atoms with E-state index in [1.54, 1.807) is 36.4 Å². The van der Waals surface area contributed by atoms with Gasteiger partial charge in [-0.2, -0.15) is 0 Å². The minimum absolute atomic E-state index is 0.190. The molecule has 2 aromatic carbocycles. The van der Waals surface area contributed by atoms with E-state index in [0.717, 1.165) is 6.42 Å². The number of anilines is 1. The average molecular weight is 353 g/mol. The van der Waals surface area contributed by atoms with Crippen molar-refractivity contribution in [2.24, 2.45) is 0 Å². The highest BCUT2D eigenvalue weighted by atomic mass is 16.5. The second-order valence-corrected chi connectivity index (χ2v) is 6.19. The van der Waals surface area contributed by atoms with Crippen LogP contribution in [0.3, 0.4) is 0 Å². The topological polar surface area (TPSA) is 72.5 Å². The summed E-state index contributed by atoms with van der Waals surface area (Å²) in [6.45, 7) is 5.35. The molecule has 0 bridgehead atoms. The number of Topliss-reactive ketones (excluding diaryl/α,β-unsaturated/α-hetero) is 1. The molecule has 0 saturated carbocycles. The van der Waals surface area contributed by atoms with Crippen molar-refractivity contribution < 1.29 is 19.1 Å². The number of benzene rings is 2. The standard InChI is InChI=1S/C21H23NO4/c1-4-14(2)16-5-7-17(8-6-16)20(24)13-26-21(25)18-9-11-19(12-10-18)22-15(3)23/h5-12,14H,4,13H2,1-3H3,(H,22,23)/t14-/m0/s1. The first-order chi connectivity index (χ1) is 12.4. The Morgan fingerprint density at radius 1 is 0.962 bits per heavy atom. The lowest BCUT2D eigenvalue weighted by molar-refractivity contribution is -0.114. The number of ketones is 1. The molecule has 0 spiro atoms. The van der Waals surface area contributed by atoms with Crippen molar-refractivity contribution in [3.8, 4) is 0 Å². The summed E-state index contributed by atoms with van der Waals surface area (Å²) in [5, 5.41) is 2.61. The predicted molar refractivity (Wildman–Crippen MR) is 101 cm³/mol. The molecular weight excluding hydrogens is 330 g/mol. The summed E-state index contributed by atoms with van der Waals surface area (Å²) in [4.78, 5) is 35.2. The summed E-state index contributed by atoms with van der Waals surface area (Å²) in [6.07, 6.45) is 1.03. The fraction of sp³-hybridized carbons (Fsp3) is 0.286. The summed E-state index contributed by atoms with van der Waals surface area (Å²) < 4.78 is 5.09. The normalized spacial score (nSPS) is 11.5. The molecule has 1 atom stereocenters. The molecule has 5 nitrogen and oxygen atoms in total. The Bertz CT molecular complexity index is 779. The molecule has 0 heterocycles. The van der Waals surface area contributed by atoms with Gasteiger partial charge in [0, 0.05) is 18.2 Å². The number of esters is 1. The van der Waals surface area contributed by atoms with Crippen LogP contribution in [0.4, 0.5) is 5.69 Å². The highest BCUT2D eigenvalue weighted by Crippen LogP contribution is 2.19. The SMILES string of the molecule is CC[C@H](C)c1ccc(C(=O)COC(=O)c2ccc(NC(C)=O)cc2)cc1. The van der Waals surface area contributed by atoms with E-state index in [2.05, 4.69) is 19.2 Å². The van der Waals surface area contributed by atoms with Gasteiger partial charge < -0.3 is 10.1 Å². The van der Waals surface area contributed by atoms with Crippen molar-refractivity contribution in [3.05, 3.63) is 65.2 Å². The van der Waals surface area contributed by atoms with Crippen LogP contribution < -0.4 is 5.32 Å². The quantitative estimate of drug-likeness (QED) is 0.598. The zero-order valence-electron chi connectivity index (χ0n) is 15.2. The lowest BCUT2D eigenvalue weighted by Crippen LogP contribution is -2.14. The van der Waals surface area contributed by atoms with Crippen LogP contribution in [0.1, 0.15) is 59.4 Å². The van der Waals surface area contributed by atoms with Crippen LogP contribution >= 0.6 is 0 Å². The van der Waals surface area contributed by atoms with Crippen molar-refractivity contribution in [1.82, 2.24) is 0 Å². The van der Waals surface area contributed by atoms with Crippen LogP contribution in [-0.4, -0.2) is 24.3 Å². The molecule has 1 N–H and O–H groups in total. The van der Waals surface area contributed by atoms with Gasteiger partial charge in [0.15, 0.2) is 12.4 Å². The molecule has 0 aliphatic rings. The molecule has 26 heavy (non-hydrogen) atoms. The maximum Gasteiger partial charge on any atom is 0.338 e. The molecule has 0 unspecified atom stereocenters. The highest BCUT2D eigenvalue weighted by molar-refractivity contribution is 5.99. The van der Waals surface area contributed by atoms with Crippen molar-refractivity contribution in [1.29, 1.82) is 0 Å². The number of amides is 1. The minimum atomic E-state index is -0.580. The Kier molecular flexibility index (Phi) is 6.67. The Hall–Kier alpha value is -2.95. The van der Waals surface area contributed by atoms with E-state index in [4.69, 9.17) is 4.74 Å². The molecule has 0 fully saturated rings. The monoisotopic (exact) mass is 353 g/mol. The van der Waals surface area contributed by atoms with E-state index >= 15 is 0 Å². The van der Waals surface area contributed by atoms with Gasteiger partial charge in [-0.05, 0) is 42.2 Å². The van der Waals surface area contributed by atoms with Gasteiger partial charge in [-0.15, -0.1) is 0 Å². The third-order valence-electron chi connectivity index (χ3n) is 4.19. The molecule has 0 radical (unpaired) electrons. The Balaban J connectivity index is 1.92. The average Bonchev–Trinajstić information content (AvgIpc) is 2.65. The van der Waals surface area contributed by atoms with Gasteiger partial charge in [0.25, 0.3) is 0 Å². The zero-order valence-corrected chi connectivity index (χ0v) is 15.2. The van der Waals surface area contributed by atoms with Crippen molar-refractivity contribution in [3.63, 3.8) is 0 Å². The fourth-order valence-electron chi connectivity index (χ4n) is 2.42. The number of carbonyl (C=O) groups is 3. The summed E-state index contributed by atoms with van der Waals surface area (Å²) in [7, 11) is 0. The van der Waals surface area contributed by atoms with E-state index in [0.29, 0.717) is 22.7 Å². The van der Waals surface area contributed by atoms with Crippen LogP contribution in [0.25, 0.3) is 0 Å². The predicted octanol–water partition coefficient (Wildman–Crippen LogP) is 4.20. The fourth-order valence-corrected chi connectivity index (χ4v) is 2.42. The van der Waals surface area contributed by atoms with E-state index in [9.17, 15) is 14.4 Å². The van der Waals surface area contributed by atoms with Crippen LogP contribution in [0.2, 0.25) is 0 Å². The minimum Gasteiger partial charge on any atom is -0.454 e. The van der Waals surface area contributed by atoms with Gasteiger partial charge in [0.2, 0.25) is 5.91 Å². The van der Waals surface area contributed by atoms with Crippen molar-refractivity contribution >= 4 is 23.3 Å². The molecular formula is C21H23NO4. The van der Waals surface area contributed by atoms with Crippen LogP contribution in [0.5, 0.6) is 0 Å². The molecule has 0 saturated heterocycles. The lowest BCUT2D eigenvalue weighted by Gasteiger charge is -2.09. The zero-order chi connectivity index (χ0) is 19.1. The summed E-state index contributed by atoms with van der Waals surface area (Å²) in [5.41, 5.74) is 2.61. The Labute approximate surface area is 153 Å². The maximum atomic E-state index is 12.2. The number of hydrogen-bond acceptors (Lipinski definition) is 4. The molecule has 5 heteroatoms. The first-order valence-corrected chi connectivity index (χ1v) is 8.58. The van der Waals surface area contributed by atoms with Gasteiger partial charge in [-0.3, -0.25) is 9.59 Å². The maximum absolute atomic E-state index is 12.2. The second kappa shape index (κ2) is 8.94. The molecule has 2 aromatic rings. The van der Waals surface area contributed by atoms with Crippen molar-refractivity contribution in [2.75, 3.05) is 11.9 Å². The van der Waals surface area contributed by atoms with E-state index < -0.39 is 5.97 Å². The Morgan fingerprint density at radius 3 is 2.08 bits per heavy atom. The van der Waals surface area contributed by atoms with E-state index in [-0.39, 0.29) is 18.3 Å². The van der Waals surface area contributed by atoms with Gasteiger partial charge in [-0.25, -0.2) is 4.79 Å². The number of carbonyl (C=O) groups excluding carboxylic acids is 3. The van der Waals surface area contributed by atoms with E-state index in [1.165, 1.54) is 12.5 Å². The molecule has 2 rings (SSSR count). The molecule has 0 aromatic heterocycles. The third-order valence-corrected chi connectivity index (χ3v) is 4.19. The number of nitrogens with one attached hydrogen (secondary N) is 1. The van der Waals surface area contributed by atoms with Gasteiger partial charge in [0.05, 0.1) is 5.56 Å². The van der Waals surface area contributed by atoms with Crippen LogP contribution in [0.15, 0.2) is 48.5 Å². The Morgan fingerprint density at radius 2 is 1.54 bits per heavy atom. The lowest BCUT2D eigenvalue weighted by atomic mass is 9.97. The smallest absolute Gasteiger partial charge is 0.338 e. The first kappa shape index (κ1) is 19.4. The van der Waals surface area contributed by atoms with Crippen molar-refractivity contribution in [2.45, 2.75) is 33.1 Å². The number of ether oxygens (including phenoxy) is 1. The first-order valence-electron chi connectivity index (χ1n) is 8.58. The third kappa shape index (κ3) is 5.28. The summed E-state index contributed by atoms with van der Waals surface area (Å²) >= 11 is 0. The van der Waals surface area contributed by atoms with E-state index in [1.807, 2.05) is 12.1 Å². The van der Waals surface area contributed by atoms with Crippen LogP contribution in [-0.2, 0) is 9.53 Å². The van der Waals surface area contributed by atoms with Crippen LogP contribution in [0, 0.1) is 0 Å². The molecule has 1 amide bonds. The second-order valence-electron chi connectivity index (χ2n) is 6.19. The van der Waals surface area contributed by atoms with Gasteiger partial charge >= 0.3 is 5.97 Å².